The number of aldehydes is 1. The van der Waals surface area contributed by atoms with Crippen molar-refractivity contribution in [3.05, 3.63) is 57.6 Å². The smallest absolute Gasteiger partial charge is 0.150 e. The van der Waals surface area contributed by atoms with E-state index in [4.69, 9.17) is 16.3 Å². The molecule has 0 aliphatic rings. The first-order chi connectivity index (χ1) is 9.01. The highest BCUT2D eigenvalue weighted by atomic mass is 35.5. The summed E-state index contributed by atoms with van der Waals surface area (Å²) in [7, 11) is 0. The Balaban J connectivity index is 2.36. The highest BCUT2D eigenvalue weighted by Gasteiger charge is 2.08. The molecule has 0 spiro atoms. The van der Waals surface area contributed by atoms with Crippen LogP contribution in [-0.2, 0) is 0 Å². The lowest BCUT2D eigenvalue weighted by molar-refractivity contribution is 0.112. The zero-order valence-electron chi connectivity index (χ0n) is 11.2. The van der Waals surface area contributed by atoms with Crippen LogP contribution in [0.3, 0.4) is 0 Å². The lowest BCUT2D eigenvalue weighted by atomic mass is 10.1. The van der Waals surface area contributed by atoms with E-state index in [2.05, 4.69) is 0 Å². The highest BCUT2D eigenvalue weighted by molar-refractivity contribution is 6.30. The molecule has 2 aromatic carbocycles. The van der Waals surface area contributed by atoms with Crippen LogP contribution < -0.4 is 4.74 Å². The van der Waals surface area contributed by atoms with Gasteiger partial charge in [0.15, 0.2) is 0 Å². The number of carbonyl (C=O) groups is 1. The van der Waals surface area contributed by atoms with Crippen LogP contribution in [0.1, 0.15) is 27.0 Å². The largest absolute Gasteiger partial charge is 0.457 e. The molecule has 0 N–H and O–H groups in total. The summed E-state index contributed by atoms with van der Waals surface area (Å²) in [5.41, 5.74) is 3.55. The van der Waals surface area contributed by atoms with Crippen molar-refractivity contribution in [3.8, 4) is 11.5 Å². The maximum absolute atomic E-state index is 10.8. The van der Waals surface area contributed by atoms with E-state index < -0.39 is 0 Å². The second-order valence-electron chi connectivity index (χ2n) is 4.61. The second-order valence-corrected chi connectivity index (χ2v) is 5.04. The van der Waals surface area contributed by atoms with Crippen LogP contribution in [-0.4, -0.2) is 6.29 Å². The number of hydrogen-bond donors (Lipinski definition) is 0. The van der Waals surface area contributed by atoms with Gasteiger partial charge in [0.1, 0.15) is 17.8 Å². The van der Waals surface area contributed by atoms with Gasteiger partial charge in [-0.15, -0.1) is 0 Å². The molecule has 2 rings (SSSR count). The van der Waals surface area contributed by atoms with E-state index in [1.807, 2.05) is 39.0 Å². The Kier molecular flexibility index (Phi) is 3.91. The van der Waals surface area contributed by atoms with Crippen molar-refractivity contribution < 1.29 is 9.53 Å². The van der Waals surface area contributed by atoms with Crippen LogP contribution in [0.5, 0.6) is 11.5 Å². The van der Waals surface area contributed by atoms with Gasteiger partial charge in [0.25, 0.3) is 0 Å². The number of aryl methyl sites for hydroxylation is 3. The van der Waals surface area contributed by atoms with Crippen molar-refractivity contribution in [2.45, 2.75) is 20.8 Å². The molecule has 2 nitrogen and oxygen atoms in total. The van der Waals surface area contributed by atoms with Crippen molar-refractivity contribution in [1.29, 1.82) is 0 Å². The average Bonchev–Trinajstić information content (AvgIpc) is 2.34. The van der Waals surface area contributed by atoms with Crippen LogP contribution in [0.25, 0.3) is 0 Å². The summed E-state index contributed by atoms with van der Waals surface area (Å²) in [6.45, 7) is 5.81. The molecule has 0 saturated carbocycles. The van der Waals surface area contributed by atoms with E-state index in [-0.39, 0.29) is 0 Å². The van der Waals surface area contributed by atoms with Gasteiger partial charge in [-0.25, -0.2) is 0 Å². The molecular weight excluding hydrogens is 260 g/mol. The van der Waals surface area contributed by atoms with Crippen molar-refractivity contribution in [1.82, 2.24) is 0 Å². The van der Waals surface area contributed by atoms with E-state index in [9.17, 15) is 4.79 Å². The molecule has 0 unspecified atom stereocenters. The first-order valence-corrected chi connectivity index (χ1v) is 6.39. The van der Waals surface area contributed by atoms with Gasteiger partial charge in [-0.05, 0) is 67.8 Å². The molecule has 0 heterocycles. The third kappa shape index (κ3) is 2.96. The fourth-order valence-corrected chi connectivity index (χ4v) is 2.35. The van der Waals surface area contributed by atoms with Gasteiger partial charge in [0.05, 0.1) is 0 Å². The summed E-state index contributed by atoms with van der Waals surface area (Å²) in [5, 5.41) is 0.704. The number of hydrogen-bond acceptors (Lipinski definition) is 2. The fourth-order valence-electron chi connectivity index (χ4n) is 2.02. The van der Waals surface area contributed by atoms with Crippen LogP contribution in [0.2, 0.25) is 5.02 Å². The van der Waals surface area contributed by atoms with E-state index in [0.717, 1.165) is 34.5 Å². The minimum atomic E-state index is 0.678. The molecule has 0 aliphatic heterocycles. The third-order valence-electron chi connectivity index (χ3n) is 3.01. The fraction of sp³-hybridized carbons (Fsp3) is 0.188. The van der Waals surface area contributed by atoms with Gasteiger partial charge in [0.2, 0.25) is 0 Å². The Morgan fingerprint density at radius 3 is 2.16 bits per heavy atom. The molecule has 0 aliphatic carbocycles. The van der Waals surface area contributed by atoms with Gasteiger partial charge in [-0.3, -0.25) is 4.79 Å². The van der Waals surface area contributed by atoms with Crippen LogP contribution >= 0.6 is 11.6 Å². The van der Waals surface area contributed by atoms with E-state index in [1.165, 1.54) is 0 Å². The Morgan fingerprint density at radius 1 is 1.00 bits per heavy atom. The molecule has 3 heteroatoms. The number of carbonyl (C=O) groups excluding carboxylic acids is 1. The third-order valence-corrected chi connectivity index (χ3v) is 3.23. The summed E-state index contributed by atoms with van der Waals surface area (Å²) < 4.78 is 5.90. The van der Waals surface area contributed by atoms with Gasteiger partial charge in [0, 0.05) is 10.6 Å². The highest BCUT2D eigenvalue weighted by Crippen LogP contribution is 2.31. The monoisotopic (exact) mass is 274 g/mol. The van der Waals surface area contributed by atoms with Gasteiger partial charge >= 0.3 is 0 Å². The Morgan fingerprint density at radius 2 is 1.63 bits per heavy atom. The molecule has 0 aromatic heterocycles. The van der Waals surface area contributed by atoms with Crippen LogP contribution in [0.15, 0.2) is 30.3 Å². The summed E-state index contributed by atoms with van der Waals surface area (Å²) in [6, 6.07) is 9.16. The SMILES string of the molecule is Cc1cc(Oc2c(C)cc(Cl)cc2C)ccc1C=O. The minimum absolute atomic E-state index is 0.678. The molecule has 0 amide bonds. The summed E-state index contributed by atoms with van der Waals surface area (Å²) in [6.07, 6.45) is 0.845. The predicted octanol–water partition coefficient (Wildman–Crippen LogP) is 4.87. The van der Waals surface area contributed by atoms with E-state index >= 15 is 0 Å². The Bertz CT molecular complexity index is 610. The Labute approximate surface area is 118 Å². The lowest BCUT2D eigenvalue weighted by Crippen LogP contribution is -1.93. The number of ether oxygens (including phenoxy) is 1. The molecule has 0 saturated heterocycles. The molecule has 0 bridgehead atoms. The summed E-state index contributed by atoms with van der Waals surface area (Å²) in [5.74, 6) is 1.53. The normalized spacial score (nSPS) is 10.3. The minimum Gasteiger partial charge on any atom is -0.457 e. The first kappa shape index (κ1) is 13.6. The number of benzene rings is 2. The maximum atomic E-state index is 10.8. The lowest BCUT2D eigenvalue weighted by Gasteiger charge is -2.13. The molecule has 98 valence electrons. The van der Waals surface area contributed by atoms with Gasteiger partial charge < -0.3 is 4.74 Å². The summed E-state index contributed by atoms with van der Waals surface area (Å²) >= 11 is 6.00. The second kappa shape index (κ2) is 5.45. The van der Waals surface area contributed by atoms with Crippen molar-refractivity contribution >= 4 is 17.9 Å². The Hall–Kier alpha value is -1.80. The van der Waals surface area contributed by atoms with Crippen LogP contribution in [0.4, 0.5) is 0 Å². The van der Waals surface area contributed by atoms with Crippen LogP contribution in [0, 0.1) is 20.8 Å². The van der Waals surface area contributed by atoms with Crippen molar-refractivity contribution in [2.24, 2.45) is 0 Å². The molecular formula is C16H15ClO2. The predicted molar refractivity (Wildman–Crippen MR) is 77.6 cm³/mol. The average molecular weight is 275 g/mol. The number of halogens is 1. The zero-order valence-corrected chi connectivity index (χ0v) is 11.9. The van der Waals surface area contributed by atoms with Gasteiger partial charge in [-0.1, -0.05) is 11.6 Å². The van der Waals surface area contributed by atoms with E-state index in [1.54, 1.807) is 12.1 Å². The van der Waals surface area contributed by atoms with Gasteiger partial charge in [-0.2, -0.15) is 0 Å². The molecule has 0 fully saturated rings. The zero-order chi connectivity index (χ0) is 14.0. The van der Waals surface area contributed by atoms with E-state index in [0.29, 0.717) is 10.6 Å². The molecule has 0 radical (unpaired) electrons. The quantitative estimate of drug-likeness (QED) is 0.747. The number of rotatable bonds is 3. The maximum Gasteiger partial charge on any atom is 0.150 e. The summed E-state index contributed by atoms with van der Waals surface area (Å²) in [4.78, 5) is 10.8. The molecule has 19 heavy (non-hydrogen) atoms. The topological polar surface area (TPSA) is 26.3 Å². The first-order valence-electron chi connectivity index (χ1n) is 6.01. The van der Waals surface area contributed by atoms with Crippen molar-refractivity contribution in [3.63, 3.8) is 0 Å². The molecule has 2 aromatic rings. The van der Waals surface area contributed by atoms with Crippen molar-refractivity contribution in [2.75, 3.05) is 0 Å². The molecule has 0 atom stereocenters. The standard InChI is InChI=1S/C16H15ClO2/c1-10-8-15(5-4-13(10)9-18)19-16-11(2)6-14(17)7-12(16)3/h4-9H,1-3H3.